The number of halogens is 3. The predicted molar refractivity (Wildman–Crippen MR) is 128 cm³/mol. The summed E-state index contributed by atoms with van der Waals surface area (Å²) in [6, 6.07) is 13.5. The zero-order valence-corrected chi connectivity index (χ0v) is 19.6. The number of aliphatic imine (C=N–C) groups is 1. The molecule has 0 heterocycles. The summed E-state index contributed by atoms with van der Waals surface area (Å²) in [7, 11) is 0. The molecule has 0 fully saturated rings. The molecule has 0 aromatic heterocycles. The van der Waals surface area contributed by atoms with Crippen LogP contribution in [-0.2, 0) is 6.54 Å². The minimum Gasteiger partial charge on any atom is -0.489 e. The molecule has 1 atom stereocenters. The van der Waals surface area contributed by atoms with Crippen LogP contribution in [0, 0.1) is 0 Å². The monoisotopic (exact) mass is 547 g/mol. The molecule has 1 unspecified atom stereocenters. The number of ether oxygens (including phenoxy) is 2. The number of nitrogens with one attached hydrogen (secondary N) is 2. The van der Waals surface area contributed by atoms with Crippen LogP contribution in [-0.4, -0.2) is 37.4 Å². The number of rotatable bonds is 11. The minimum absolute atomic E-state index is 0. The Morgan fingerprint density at radius 2 is 1.87 bits per heavy atom. The van der Waals surface area contributed by atoms with E-state index in [2.05, 4.69) is 26.9 Å². The second-order valence-corrected chi connectivity index (χ2v) is 6.25. The van der Waals surface area contributed by atoms with Gasteiger partial charge in [-0.25, -0.2) is 4.99 Å². The largest absolute Gasteiger partial charge is 0.489 e. The van der Waals surface area contributed by atoms with Crippen molar-refractivity contribution in [3.05, 3.63) is 72.3 Å². The van der Waals surface area contributed by atoms with Crippen LogP contribution in [0.3, 0.4) is 0 Å². The standard InChI is InChI=1S/C22H27F2N3O3.HI/c1-3-13-29-20-8-6-5-7-17(20)14-26-22(25-4-2)27-15-19(28)16-9-11-18(12-10-16)30-21(23)24;/h3,5-12,19,21,28H,1,4,13-15H2,2H3,(H2,25,26,27);1H. The molecular formula is C22H28F2IN3O3. The SMILES string of the molecule is C=CCOc1ccccc1CN=C(NCC)NCC(O)c1ccc(OC(F)F)cc1.I. The molecule has 0 aliphatic heterocycles. The highest BCUT2D eigenvalue weighted by molar-refractivity contribution is 14.0. The average molecular weight is 547 g/mol. The van der Waals surface area contributed by atoms with E-state index in [9.17, 15) is 13.9 Å². The normalized spacial score (nSPS) is 12.0. The Bertz CT molecular complexity index is 820. The first-order valence-corrected chi connectivity index (χ1v) is 9.60. The highest BCUT2D eigenvalue weighted by Gasteiger charge is 2.10. The Morgan fingerprint density at radius 3 is 2.52 bits per heavy atom. The maximum absolute atomic E-state index is 12.2. The van der Waals surface area contributed by atoms with Gasteiger partial charge in [0.1, 0.15) is 18.1 Å². The van der Waals surface area contributed by atoms with E-state index >= 15 is 0 Å². The fraction of sp³-hybridized carbons (Fsp3) is 0.318. The molecule has 2 rings (SSSR count). The molecule has 170 valence electrons. The van der Waals surface area contributed by atoms with Crippen LogP contribution in [0.1, 0.15) is 24.2 Å². The van der Waals surface area contributed by atoms with Crippen molar-refractivity contribution in [3.8, 4) is 11.5 Å². The smallest absolute Gasteiger partial charge is 0.387 e. The predicted octanol–water partition coefficient (Wildman–Crippen LogP) is 4.26. The Labute approximate surface area is 198 Å². The van der Waals surface area contributed by atoms with Crippen molar-refractivity contribution in [2.24, 2.45) is 4.99 Å². The van der Waals surface area contributed by atoms with E-state index in [-0.39, 0.29) is 36.3 Å². The van der Waals surface area contributed by atoms with E-state index < -0.39 is 12.7 Å². The number of hydrogen-bond acceptors (Lipinski definition) is 4. The molecule has 2 aromatic rings. The average Bonchev–Trinajstić information content (AvgIpc) is 2.74. The van der Waals surface area contributed by atoms with E-state index in [1.165, 1.54) is 12.1 Å². The third kappa shape index (κ3) is 9.52. The maximum Gasteiger partial charge on any atom is 0.387 e. The summed E-state index contributed by atoms with van der Waals surface area (Å²) in [6.07, 6.45) is 0.830. The number of para-hydroxylation sites is 1. The van der Waals surface area contributed by atoms with E-state index in [1.807, 2.05) is 31.2 Å². The summed E-state index contributed by atoms with van der Waals surface area (Å²) in [5.74, 6) is 1.32. The molecule has 0 bridgehead atoms. The minimum atomic E-state index is -2.88. The van der Waals surface area contributed by atoms with Gasteiger partial charge in [-0.1, -0.05) is 43.0 Å². The van der Waals surface area contributed by atoms with Crippen molar-refractivity contribution in [3.63, 3.8) is 0 Å². The molecule has 0 aliphatic rings. The molecule has 0 radical (unpaired) electrons. The van der Waals surface area contributed by atoms with Gasteiger partial charge in [0, 0.05) is 18.7 Å². The lowest BCUT2D eigenvalue weighted by Gasteiger charge is -2.16. The van der Waals surface area contributed by atoms with Crippen molar-refractivity contribution in [2.45, 2.75) is 26.2 Å². The molecule has 0 amide bonds. The Hall–Kier alpha value is -2.40. The van der Waals surface area contributed by atoms with Crippen molar-refractivity contribution in [2.75, 3.05) is 19.7 Å². The summed E-state index contributed by atoms with van der Waals surface area (Å²) in [4.78, 5) is 4.54. The second kappa shape index (κ2) is 14.6. The molecule has 0 saturated heterocycles. The van der Waals surface area contributed by atoms with Gasteiger partial charge < -0.3 is 25.2 Å². The van der Waals surface area contributed by atoms with Gasteiger partial charge >= 0.3 is 6.61 Å². The Balaban J connectivity index is 0.00000480. The third-order valence-electron chi connectivity index (χ3n) is 4.03. The van der Waals surface area contributed by atoms with Gasteiger partial charge in [0.25, 0.3) is 0 Å². The number of nitrogens with zero attached hydrogens (tertiary/aromatic N) is 1. The summed E-state index contributed by atoms with van der Waals surface area (Å²) in [6.45, 7) is 4.35. The fourth-order valence-corrected chi connectivity index (χ4v) is 2.61. The lowest BCUT2D eigenvalue weighted by molar-refractivity contribution is -0.0498. The lowest BCUT2D eigenvalue weighted by atomic mass is 10.1. The summed E-state index contributed by atoms with van der Waals surface area (Å²) < 4.78 is 34.4. The molecule has 0 aliphatic carbocycles. The first kappa shape index (κ1) is 26.6. The van der Waals surface area contributed by atoms with Crippen LogP contribution in [0.5, 0.6) is 11.5 Å². The van der Waals surface area contributed by atoms with Crippen LogP contribution < -0.4 is 20.1 Å². The van der Waals surface area contributed by atoms with E-state index in [0.717, 1.165) is 11.3 Å². The highest BCUT2D eigenvalue weighted by Crippen LogP contribution is 2.20. The summed E-state index contributed by atoms with van der Waals surface area (Å²) in [5.41, 5.74) is 1.50. The van der Waals surface area contributed by atoms with Gasteiger partial charge in [-0.05, 0) is 30.7 Å². The zero-order valence-electron chi connectivity index (χ0n) is 17.3. The van der Waals surface area contributed by atoms with Gasteiger partial charge in [0.15, 0.2) is 5.96 Å². The Morgan fingerprint density at radius 1 is 1.16 bits per heavy atom. The number of benzene rings is 2. The topological polar surface area (TPSA) is 75.1 Å². The van der Waals surface area contributed by atoms with Crippen LogP contribution in [0.2, 0.25) is 0 Å². The number of hydrogen-bond donors (Lipinski definition) is 3. The Kier molecular flexibility index (Phi) is 12.5. The highest BCUT2D eigenvalue weighted by atomic mass is 127. The molecule has 31 heavy (non-hydrogen) atoms. The van der Waals surface area contributed by atoms with Crippen LogP contribution in [0.4, 0.5) is 8.78 Å². The molecular weight excluding hydrogens is 519 g/mol. The van der Waals surface area contributed by atoms with Crippen LogP contribution in [0.25, 0.3) is 0 Å². The van der Waals surface area contributed by atoms with Gasteiger partial charge in [0.05, 0.1) is 12.6 Å². The fourth-order valence-electron chi connectivity index (χ4n) is 2.61. The lowest BCUT2D eigenvalue weighted by Crippen LogP contribution is -2.39. The van der Waals surface area contributed by atoms with Gasteiger partial charge in [0.2, 0.25) is 0 Å². The number of guanidine groups is 1. The summed E-state index contributed by atoms with van der Waals surface area (Å²) in [5, 5.41) is 16.6. The van der Waals surface area contributed by atoms with Crippen molar-refractivity contribution in [1.29, 1.82) is 0 Å². The molecule has 6 nitrogen and oxygen atoms in total. The van der Waals surface area contributed by atoms with E-state index in [0.29, 0.717) is 31.2 Å². The van der Waals surface area contributed by atoms with Crippen LogP contribution >= 0.6 is 24.0 Å². The van der Waals surface area contributed by atoms with E-state index in [1.54, 1.807) is 18.2 Å². The number of aliphatic hydroxyl groups is 1. The maximum atomic E-state index is 12.2. The van der Waals surface area contributed by atoms with Crippen molar-refractivity contribution >= 4 is 29.9 Å². The number of alkyl halides is 2. The molecule has 0 saturated carbocycles. The molecule has 0 spiro atoms. The molecule has 3 N–H and O–H groups in total. The quantitative estimate of drug-likeness (QED) is 0.170. The van der Waals surface area contributed by atoms with Gasteiger partial charge in [-0.2, -0.15) is 8.78 Å². The van der Waals surface area contributed by atoms with Crippen molar-refractivity contribution < 1.29 is 23.4 Å². The van der Waals surface area contributed by atoms with E-state index in [4.69, 9.17) is 4.74 Å². The molecule has 2 aromatic carbocycles. The second-order valence-electron chi connectivity index (χ2n) is 6.25. The zero-order chi connectivity index (χ0) is 21.8. The number of aliphatic hydroxyl groups excluding tert-OH is 1. The summed E-state index contributed by atoms with van der Waals surface area (Å²) >= 11 is 0. The van der Waals surface area contributed by atoms with Crippen LogP contribution in [0.15, 0.2) is 66.2 Å². The molecule has 9 heteroatoms. The first-order chi connectivity index (χ1) is 14.5. The first-order valence-electron chi connectivity index (χ1n) is 9.60. The van der Waals surface area contributed by atoms with Gasteiger partial charge in [-0.15, -0.1) is 24.0 Å². The van der Waals surface area contributed by atoms with Gasteiger partial charge in [-0.3, -0.25) is 0 Å². The van der Waals surface area contributed by atoms with Crippen molar-refractivity contribution in [1.82, 2.24) is 10.6 Å². The third-order valence-corrected chi connectivity index (χ3v) is 4.03.